The first-order chi connectivity index (χ1) is 5.74. The molecule has 0 aromatic carbocycles. The van der Waals surface area contributed by atoms with Gasteiger partial charge < -0.3 is 5.73 Å². The number of hydrogen-bond acceptors (Lipinski definition) is 3. The van der Waals surface area contributed by atoms with E-state index in [2.05, 4.69) is 16.8 Å². The second-order valence-electron chi connectivity index (χ2n) is 2.61. The highest BCUT2D eigenvalue weighted by molar-refractivity contribution is 6.38. The van der Waals surface area contributed by atoms with Crippen LogP contribution in [0.2, 0.25) is 0 Å². The third kappa shape index (κ3) is 2.05. The van der Waals surface area contributed by atoms with E-state index in [-0.39, 0.29) is 5.84 Å². The largest absolute Gasteiger partial charge is 0.363 e. The zero-order chi connectivity index (χ0) is 8.97. The van der Waals surface area contributed by atoms with Crippen molar-refractivity contribution in [1.29, 1.82) is 0 Å². The van der Waals surface area contributed by atoms with E-state index in [9.17, 15) is 4.79 Å². The Labute approximate surface area is 70.9 Å². The van der Waals surface area contributed by atoms with E-state index in [4.69, 9.17) is 5.73 Å². The van der Waals surface area contributed by atoms with E-state index in [1.807, 2.05) is 0 Å². The molecule has 0 bridgehead atoms. The van der Waals surface area contributed by atoms with Crippen LogP contribution in [0.1, 0.15) is 12.8 Å². The number of rotatable bonds is 1. The van der Waals surface area contributed by atoms with Crippen molar-refractivity contribution in [3.05, 3.63) is 0 Å². The summed E-state index contributed by atoms with van der Waals surface area (Å²) in [5.74, 6) is -0.631. The van der Waals surface area contributed by atoms with Crippen molar-refractivity contribution in [3.8, 4) is 0 Å². The molecule has 0 aliphatic carbocycles. The Kier molecular flexibility index (Phi) is 2.79. The lowest BCUT2D eigenvalue weighted by Crippen LogP contribution is -2.25. The third-order valence-electron chi connectivity index (χ3n) is 1.69. The lowest BCUT2D eigenvalue weighted by Gasteiger charge is -2.09. The molecular weight excluding hydrogens is 156 g/mol. The maximum Gasteiger partial charge on any atom is 0.288 e. The molecule has 2 N–H and O–H groups in total. The highest BCUT2D eigenvalue weighted by atomic mass is 16.1. The van der Waals surface area contributed by atoms with Gasteiger partial charge in [0.15, 0.2) is 0 Å². The van der Waals surface area contributed by atoms with Crippen molar-refractivity contribution in [2.75, 3.05) is 13.1 Å². The fourth-order valence-electron chi connectivity index (χ4n) is 1.09. The smallest absolute Gasteiger partial charge is 0.288 e. The van der Waals surface area contributed by atoms with E-state index < -0.39 is 5.91 Å². The Balaban J connectivity index is 2.62. The molecular formula is C7H12N4O. The molecule has 0 aromatic heterocycles. The van der Waals surface area contributed by atoms with Crippen LogP contribution in [0.4, 0.5) is 0 Å². The first-order valence-corrected chi connectivity index (χ1v) is 3.84. The summed E-state index contributed by atoms with van der Waals surface area (Å²) in [5, 5.41) is 5.73. The number of amidine groups is 1. The summed E-state index contributed by atoms with van der Waals surface area (Å²) in [4.78, 5) is 14.1. The summed E-state index contributed by atoms with van der Waals surface area (Å²) in [7, 11) is 0. The van der Waals surface area contributed by atoms with Crippen molar-refractivity contribution in [3.63, 3.8) is 0 Å². The fourth-order valence-corrected chi connectivity index (χ4v) is 1.09. The summed E-state index contributed by atoms with van der Waals surface area (Å²) >= 11 is 0. The zero-order valence-corrected chi connectivity index (χ0v) is 6.86. The first-order valence-electron chi connectivity index (χ1n) is 3.84. The van der Waals surface area contributed by atoms with Crippen LogP contribution in [-0.4, -0.2) is 36.6 Å². The summed E-state index contributed by atoms with van der Waals surface area (Å²) in [5.41, 5.74) is 5.00. The number of carbonyl (C=O) groups is 1. The Bertz CT molecular complexity index is 217. The number of nitrogens with two attached hydrogens (primary N) is 1. The molecule has 66 valence electrons. The molecule has 12 heavy (non-hydrogen) atoms. The molecule has 0 saturated carbocycles. The van der Waals surface area contributed by atoms with Gasteiger partial charge in [0.1, 0.15) is 0 Å². The van der Waals surface area contributed by atoms with Crippen LogP contribution in [0.3, 0.4) is 0 Å². The van der Waals surface area contributed by atoms with Gasteiger partial charge in [-0.3, -0.25) is 9.80 Å². The van der Waals surface area contributed by atoms with Crippen molar-refractivity contribution < 1.29 is 4.79 Å². The van der Waals surface area contributed by atoms with E-state index >= 15 is 0 Å². The number of amides is 1. The molecule has 1 heterocycles. The van der Waals surface area contributed by atoms with Crippen molar-refractivity contribution in [2.45, 2.75) is 12.8 Å². The van der Waals surface area contributed by atoms with Crippen molar-refractivity contribution >= 4 is 18.5 Å². The molecule has 5 heteroatoms. The Morgan fingerprint density at radius 3 is 2.42 bits per heavy atom. The standard InChI is InChI=1S/C7H12N4O/c1-9-7(6(8)12)10-11-4-2-3-5-11/h1-5H2,(H2,8,12)/b10-7-. The van der Waals surface area contributed by atoms with Gasteiger partial charge >= 0.3 is 0 Å². The van der Waals surface area contributed by atoms with Crippen LogP contribution in [0.25, 0.3) is 0 Å². The average molecular weight is 168 g/mol. The maximum absolute atomic E-state index is 10.6. The number of nitrogens with zero attached hydrogens (tertiary/aromatic N) is 3. The normalized spacial score (nSPS) is 18.0. The van der Waals surface area contributed by atoms with Crippen molar-refractivity contribution in [2.24, 2.45) is 15.8 Å². The predicted molar refractivity (Wildman–Crippen MR) is 47.0 cm³/mol. The van der Waals surface area contributed by atoms with E-state index in [0.717, 1.165) is 25.9 Å². The molecule has 1 rings (SSSR count). The van der Waals surface area contributed by atoms with Crippen LogP contribution in [0.5, 0.6) is 0 Å². The Morgan fingerprint density at radius 1 is 1.42 bits per heavy atom. The topological polar surface area (TPSA) is 71.1 Å². The molecule has 1 aliphatic rings. The van der Waals surface area contributed by atoms with E-state index in [0.29, 0.717) is 0 Å². The van der Waals surface area contributed by atoms with Gasteiger partial charge in [-0.2, -0.15) is 5.10 Å². The van der Waals surface area contributed by atoms with Gasteiger partial charge in [-0.05, 0) is 19.6 Å². The lowest BCUT2D eigenvalue weighted by molar-refractivity contribution is -0.112. The Hall–Kier alpha value is -1.39. The highest BCUT2D eigenvalue weighted by Crippen LogP contribution is 2.07. The molecule has 1 amide bonds. The molecule has 5 nitrogen and oxygen atoms in total. The van der Waals surface area contributed by atoms with E-state index in [1.54, 1.807) is 5.01 Å². The second-order valence-corrected chi connectivity index (χ2v) is 2.61. The third-order valence-corrected chi connectivity index (χ3v) is 1.69. The summed E-state index contributed by atoms with van der Waals surface area (Å²) in [6.45, 7) is 4.95. The van der Waals surface area contributed by atoms with Gasteiger partial charge in [0, 0.05) is 13.1 Å². The monoisotopic (exact) mass is 168 g/mol. The number of hydrazone groups is 1. The number of carbonyl (C=O) groups excluding carboxylic acids is 1. The minimum atomic E-state index is -0.628. The van der Waals surface area contributed by atoms with Gasteiger partial charge in [-0.1, -0.05) is 0 Å². The van der Waals surface area contributed by atoms with Crippen LogP contribution in [-0.2, 0) is 4.79 Å². The van der Waals surface area contributed by atoms with Crippen molar-refractivity contribution in [1.82, 2.24) is 5.01 Å². The molecule has 1 aliphatic heterocycles. The van der Waals surface area contributed by atoms with Crippen LogP contribution in [0, 0.1) is 0 Å². The first kappa shape index (κ1) is 8.70. The molecule has 0 spiro atoms. The Morgan fingerprint density at radius 2 is 2.00 bits per heavy atom. The SMILES string of the molecule is C=N/C(=N\N1CCCC1)C(N)=O. The quantitative estimate of drug-likeness (QED) is 0.426. The van der Waals surface area contributed by atoms with Gasteiger partial charge in [0.05, 0.1) is 0 Å². The minimum absolute atomic E-state index is 0.00287. The molecule has 1 saturated heterocycles. The van der Waals surface area contributed by atoms with Gasteiger partial charge in [-0.15, -0.1) is 0 Å². The number of hydrogen-bond donors (Lipinski definition) is 1. The fraction of sp³-hybridized carbons (Fsp3) is 0.571. The van der Waals surface area contributed by atoms with Gasteiger partial charge in [-0.25, -0.2) is 4.99 Å². The van der Waals surface area contributed by atoms with Crippen LogP contribution < -0.4 is 5.73 Å². The average Bonchev–Trinajstić information content (AvgIpc) is 2.51. The minimum Gasteiger partial charge on any atom is -0.363 e. The second kappa shape index (κ2) is 3.85. The molecule has 0 unspecified atom stereocenters. The van der Waals surface area contributed by atoms with Gasteiger partial charge in [0.2, 0.25) is 5.84 Å². The number of aliphatic imine (C=N–C) groups is 1. The molecule has 1 fully saturated rings. The maximum atomic E-state index is 10.6. The van der Waals surface area contributed by atoms with Crippen LogP contribution >= 0.6 is 0 Å². The summed E-state index contributed by atoms with van der Waals surface area (Å²) in [6, 6.07) is 0. The lowest BCUT2D eigenvalue weighted by atomic mass is 10.4. The predicted octanol–water partition coefficient (Wildman–Crippen LogP) is -0.418. The number of primary amides is 1. The highest BCUT2D eigenvalue weighted by Gasteiger charge is 2.11. The zero-order valence-electron chi connectivity index (χ0n) is 6.86. The van der Waals surface area contributed by atoms with E-state index in [1.165, 1.54) is 0 Å². The molecule has 0 aromatic rings. The van der Waals surface area contributed by atoms with Crippen LogP contribution in [0.15, 0.2) is 10.1 Å². The van der Waals surface area contributed by atoms with Gasteiger partial charge in [0.25, 0.3) is 5.91 Å². The molecule has 0 radical (unpaired) electrons. The summed E-state index contributed by atoms with van der Waals surface area (Å²) in [6.07, 6.45) is 2.21. The summed E-state index contributed by atoms with van der Waals surface area (Å²) < 4.78 is 0. The molecule has 0 atom stereocenters.